The molecule has 1 aliphatic heterocycles. The lowest BCUT2D eigenvalue weighted by Gasteiger charge is -2.35. The number of aromatic nitrogens is 6. The lowest BCUT2D eigenvalue weighted by atomic mass is 10.3. The molecule has 1 fully saturated rings. The Hall–Kier alpha value is -3.23. The summed E-state index contributed by atoms with van der Waals surface area (Å²) in [5.74, 6) is 2.53. The summed E-state index contributed by atoms with van der Waals surface area (Å²) in [4.78, 5) is 29.4. The van der Waals surface area contributed by atoms with Crippen molar-refractivity contribution in [3.05, 3.63) is 49.1 Å². The van der Waals surface area contributed by atoms with Crippen LogP contribution >= 0.6 is 0 Å². The molecule has 0 unspecified atom stereocenters. The molecule has 134 valence electrons. The summed E-state index contributed by atoms with van der Waals surface area (Å²) in [5.41, 5.74) is 0. The molecule has 0 aliphatic carbocycles. The molecule has 4 heterocycles. The molecule has 0 aromatic carbocycles. The highest BCUT2D eigenvalue weighted by Gasteiger charge is 2.22. The summed E-state index contributed by atoms with van der Waals surface area (Å²) in [6, 6.07) is 5.92. The standard InChI is InChI=1S/C17H20N8O/c1-14-20-15(22-4-2-3-5-22)10-16(21-14)23-6-8-24(9-7-23)17(26)11-25-13-18-12-19-25/h2-5,10,12-13H,6-9,11H2,1H3. The summed E-state index contributed by atoms with van der Waals surface area (Å²) in [6.07, 6.45) is 6.92. The van der Waals surface area contributed by atoms with Gasteiger partial charge in [-0.05, 0) is 19.1 Å². The van der Waals surface area contributed by atoms with Crippen molar-refractivity contribution in [1.82, 2.24) is 34.2 Å². The summed E-state index contributed by atoms with van der Waals surface area (Å²) >= 11 is 0. The maximum absolute atomic E-state index is 12.4. The van der Waals surface area contributed by atoms with E-state index in [0.717, 1.165) is 30.5 Å². The van der Waals surface area contributed by atoms with Crippen molar-refractivity contribution in [2.45, 2.75) is 13.5 Å². The van der Waals surface area contributed by atoms with Crippen LogP contribution < -0.4 is 4.90 Å². The third-order valence-corrected chi connectivity index (χ3v) is 4.40. The Morgan fingerprint density at radius 3 is 2.50 bits per heavy atom. The molecule has 3 aromatic heterocycles. The first-order chi connectivity index (χ1) is 12.7. The van der Waals surface area contributed by atoms with Crippen LogP contribution in [0.15, 0.2) is 43.2 Å². The molecule has 1 saturated heterocycles. The third kappa shape index (κ3) is 3.41. The van der Waals surface area contributed by atoms with Crippen LogP contribution in [0, 0.1) is 6.92 Å². The predicted molar refractivity (Wildman–Crippen MR) is 94.9 cm³/mol. The number of piperazine rings is 1. The van der Waals surface area contributed by atoms with E-state index in [-0.39, 0.29) is 12.5 Å². The van der Waals surface area contributed by atoms with Crippen LogP contribution in [0.4, 0.5) is 5.82 Å². The average Bonchev–Trinajstić information content (AvgIpc) is 3.35. The molecule has 3 aromatic rings. The number of carbonyl (C=O) groups excluding carboxylic acids is 1. The number of anilines is 1. The fourth-order valence-corrected chi connectivity index (χ4v) is 3.06. The molecule has 0 spiro atoms. The lowest BCUT2D eigenvalue weighted by Crippen LogP contribution is -2.50. The van der Waals surface area contributed by atoms with Gasteiger partial charge in [0.1, 0.15) is 36.7 Å². The Morgan fingerprint density at radius 1 is 1.08 bits per heavy atom. The van der Waals surface area contributed by atoms with Gasteiger partial charge in [0.05, 0.1) is 0 Å². The second-order valence-corrected chi connectivity index (χ2v) is 6.18. The molecule has 0 atom stereocenters. The van der Waals surface area contributed by atoms with E-state index < -0.39 is 0 Å². The van der Waals surface area contributed by atoms with E-state index in [0.29, 0.717) is 13.1 Å². The fraction of sp³-hybridized carbons (Fsp3) is 0.353. The first kappa shape index (κ1) is 16.2. The minimum atomic E-state index is 0.0575. The van der Waals surface area contributed by atoms with E-state index in [9.17, 15) is 4.79 Å². The van der Waals surface area contributed by atoms with Gasteiger partial charge in [0.2, 0.25) is 5.91 Å². The third-order valence-electron chi connectivity index (χ3n) is 4.40. The van der Waals surface area contributed by atoms with Gasteiger partial charge in [-0.1, -0.05) is 0 Å². The zero-order valence-corrected chi connectivity index (χ0v) is 14.6. The van der Waals surface area contributed by atoms with Crippen molar-refractivity contribution >= 4 is 11.7 Å². The summed E-state index contributed by atoms with van der Waals surface area (Å²) < 4.78 is 3.52. The van der Waals surface area contributed by atoms with Gasteiger partial charge in [-0.25, -0.2) is 19.6 Å². The van der Waals surface area contributed by atoms with Crippen LogP contribution in [0.25, 0.3) is 5.82 Å². The van der Waals surface area contributed by atoms with Crippen LogP contribution in [0.3, 0.4) is 0 Å². The van der Waals surface area contributed by atoms with Crippen molar-refractivity contribution < 1.29 is 4.79 Å². The van der Waals surface area contributed by atoms with Gasteiger partial charge in [0, 0.05) is 44.6 Å². The van der Waals surface area contributed by atoms with Crippen molar-refractivity contribution in [2.75, 3.05) is 31.1 Å². The number of aryl methyl sites for hydroxylation is 1. The molecule has 0 radical (unpaired) electrons. The van der Waals surface area contributed by atoms with Crippen molar-refractivity contribution in [3.8, 4) is 5.82 Å². The highest BCUT2D eigenvalue weighted by atomic mass is 16.2. The van der Waals surface area contributed by atoms with Gasteiger partial charge in [-0.2, -0.15) is 5.10 Å². The van der Waals surface area contributed by atoms with E-state index in [1.54, 1.807) is 11.0 Å². The zero-order chi connectivity index (χ0) is 17.9. The summed E-state index contributed by atoms with van der Waals surface area (Å²) in [7, 11) is 0. The number of amides is 1. The van der Waals surface area contributed by atoms with Gasteiger partial charge in [0.15, 0.2) is 0 Å². The van der Waals surface area contributed by atoms with Gasteiger partial charge < -0.3 is 14.4 Å². The molecular weight excluding hydrogens is 332 g/mol. The van der Waals surface area contributed by atoms with E-state index in [1.165, 1.54) is 6.33 Å². The minimum Gasteiger partial charge on any atom is -0.353 e. The predicted octanol–water partition coefficient (Wildman–Crippen LogP) is 0.516. The molecule has 9 heteroatoms. The van der Waals surface area contributed by atoms with Crippen LogP contribution in [-0.2, 0) is 11.3 Å². The first-order valence-corrected chi connectivity index (χ1v) is 8.53. The van der Waals surface area contributed by atoms with E-state index in [4.69, 9.17) is 0 Å². The van der Waals surface area contributed by atoms with Gasteiger partial charge in [-0.3, -0.25) is 4.79 Å². The first-order valence-electron chi connectivity index (χ1n) is 8.53. The van der Waals surface area contributed by atoms with E-state index >= 15 is 0 Å². The lowest BCUT2D eigenvalue weighted by molar-refractivity contribution is -0.132. The quantitative estimate of drug-likeness (QED) is 0.680. The summed E-state index contributed by atoms with van der Waals surface area (Å²) in [6.45, 7) is 4.93. The topological polar surface area (TPSA) is 85.0 Å². The van der Waals surface area contributed by atoms with Gasteiger partial charge in [0.25, 0.3) is 0 Å². The number of carbonyl (C=O) groups is 1. The van der Waals surface area contributed by atoms with Crippen LogP contribution in [0.1, 0.15) is 5.82 Å². The van der Waals surface area contributed by atoms with Crippen LogP contribution in [0.2, 0.25) is 0 Å². The zero-order valence-electron chi connectivity index (χ0n) is 14.6. The largest absolute Gasteiger partial charge is 0.353 e. The smallest absolute Gasteiger partial charge is 0.244 e. The van der Waals surface area contributed by atoms with Gasteiger partial charge >= 0.3 is 0 Å². The highest BCUT2D eigenvalue weighted by molar-refractivity contribution is 5.76. The molecule has 0 N–H and O–H groups in total. The second kappa shape index (κ2) is 6.95. The fourth-order valence-electron chi connectivity index (χ4n) is 3.06. The molecule has 0 bridgehead atoms. The Morgan fingerprint density at radius 2 is 1.81 bits per heavy atom. The van der Waals surface area contributed by atoms with Crippen molar-refractivity contribution in [3.63, 3.8) is 0 Å². The number of rotatable bonds is 4. The monoisotopic (exact) mass is 352 g/mol. The van der Waals surface area contributed by atoms with Crippen LogP contribution in [0.5, 0.6) is 0 Å². The maximum Gasteiger partial charge on any atom is 0.244 e. The molecule has 9 nitrogen and oxygen atoms in total. The summed E-state index contributed by atoms with van der Waals surface area (Å²) in [5, 5.41) is 3.99. The Labute approximate surface area is 150 Å². The maximum atomic E-state index is 12.4. The van der Waals surface area contributed by atoms with Crippen molar-refractivity contribution in [2.24, 2.45) is 0 Å². The second-order valence-electron chi connectivity index (χ2n) is 6.18. The molecule has 0 saturated carbocycles. The normalized spacial score (nSPS) is 14.7. The van der Waals surface area contributed by atoms with E-state index in [2.05, 4.69) is 25.0 Å². The number of hydrogen-bond acceptors (Lipinski definition) is 6. The molecule has 4 rings (SSSR count). The van der Waals surface area contributed by atoms with Crippen molar-refractivity contribution in [1.29, 1.82) is 0 Å². The molecule has 26 heavy (non-hydrogen) atoms. The molecular formula is C17H20N8O. The Balaban J connectivity index is 1.42. The average molecular weight is 352 g/mol. The minimum absolute atomic E-state index is 0.0575. The molecule has 1 aliphatic rings. The SMILES string of the molecule is Cc1nc(N2CCN(C(=O)Cn3cncn3)CC2)cc(-n2cccc2)n1. The van der Waals surface area contributed by atoms with Gasteiger partial charge in [-0.15, -0.1) is 0 Å². The highest BCUT2D eigenvalue weighted by Crippen LogP contribution is 2.17. The Bertz CT molecular complexity index is 866. The van der Waals surface area contributed by atoms with E-state index in [1.807, 2.05) is 47.0 Å². The van der Waals surface area contributed by atoms with Crippen LogP contribution in [-0.4, -0.2) is 66.3 Å². The Kier molecular flexibility index (Phi) is 4.34. The number of hydrogen-bond donors (Lipinski definition) is 0. The number of nitrogens with zero attached hydrogens (tertiary/aromatic N) is 8. The molecule has 1 amide bonds.